The van der Waals surface area contributed by atoms with E-state index in [-0.39, 0.29) is 23.1 Å². The Morgan fingerprint density at radius 3 is 2.22 bits per heavy atom. The molecule has 2 aromatic carbocycles. The van der Waals surface area contributed by atoms with Crippen molar-refractivity contribution in [3.05, 3.63) is 95.3 Å². The van der Waals surface area contributed by atoms with Gasteiger partial charge in [-0.2, -0.15) is 0 Å². The van der Waals surface area contributed by atoms with Crippen molar-refractivity contribution in [1.29, 1.82) is 0 Å². The van der Waals surface area contributed by atoms with Crippen LogP contribution in [0.15, 0.2) is 78.0 Å². The van der Waals surface area contributed by atoms with Crippen molar-refractivity contribution >= 4 is 19.9 Å². The average Bonchev–Trinajstić information content (AvgIpc) is 2.74. The standard InChI is InChI=1S/C24H28N2O4S2/c1-18(2)21-9-11-23(12-10-21)32(29,30)24(22-8-5-13-25-15-22)16-26-31(27,28)17-20-7-4-6-19(3)14-20/h4-15,18,24,26H,16-17H2,1-3H3. The van der Waals surface area contributed by atoms with Gasteiger partial charge in [-0.05, 0) is 47.7 Å². The minimum atomic E-state index is -3.87. The fourth-order valence-electron chi connectivity index (χ4n) is 3.45. The molecule has 0 spiro atoms. The summed E-state index contributed by atoms with van der Waals surface area (Å²) in [6.45, 7) is 5.67. The molecule has 1 atom stereocenters. The smallest absolute Gasteiger partial charge is 0.215 e. The highest BCUT2D eigenvalue weighted by Gasteiger charge is 2.31. The van der Waals surface area contributed by atoms with Crippen LogP contribution in [-0.2, 0) is 25.6 Å². The van der Waals surface area contributed by atoms with Gasteiger partial charge in [0, 0.05) is 18.9 Å². The van der Waals surface area contributed by atoms with Crippen LogP contribution < -0.4 is 4.72 Å². The van der Waals surface area contributed by atoms with Crippen LogP contribution in [0, 0.1) is 6.92 Å². The number of pyridine rings is 1. The first kappa shape index (κ1) is 24.1. The Morgan fingerprint density at radius 2 is 1.62 bits per heavy atom. The molecular formula is C24H28N2O4S2. The molecule has 3 rings (SSSR count). The molecule has 1 aromatic heterocycles. The van der Waals surface area contributed by atoms with Crippen molar-refractivity contribution in [1.82, 2.24) is 9.71 Å². The molecule has 170 valence electrons. The molecule has 0 amide bonds. The summed E-state index contributed by atoms with van der Waals surface area (Å²) in [7, 11) is -7.62. The fraction of sp³-hybridized carbons (Fsp3) is 0.292. The third kappa shape index (κ3) is 6.03. The number of aromatic nitrogens is 1. The molecule has 6 nitrogen and oxygen atoms in total. The van der Waals surface area contributed by atoms with Crippen molar-refractivity contribution in [2.45, 2.75) is 42.6 Å². The summed E-state index contributed by atoms with van der Waals surface area (Å²) in [6, 6.07) is 17.2. The highest BCUT2D eigenvalue weighted by molar-refractivity contribution is 7.92. The van der Waals surface area contributed by atoms with Crippen molar-refractivity contribution < 1.29 is 16.8 Å². The number of nitrogens with zero attached hydrogens (tertiary/aromatic N) is 1. The number of sulfonamides is 1. The minimum Gasteiger partial charge on any atom is -0.264 e. The van der Waals surface area contributed by atoms with Crippen molar-refractivity contribution in [3.63, 3.8) is 0 Å². The predicted octanol–water partition coefficient (Wildman–Crippen LogP) is 4.15. The van der Waals surface area contributed by atoms with E-state index in [4.69, 9.17) is 0 Å². The molecule has 0 aliphatic heterocycles. The van der Waals surface area contributed by atoms with E-state index in [1.807, 2.05) is 26.8 Å². The average molecular weight is 473 g/mol. The molecule has 1 unspecified atom stereocenters. The Labute approximate surface area is 190 Å². The molecule has 32 heavy (non-hydrogen) atoms. The summed E-state index contributed by atoms with van der Waals surface area (Å²) >= 11 is 0. The first-order valence-electron chi connectivity index (χ1n) is 10.3. The van der Waals surface area contributed by atoms with Gasteiger partial charge in [-0.25, -0.2) is 21.6 Å². The van der Waals surface area contributed by atoms with E-state index in [0.717, 1.165) is 11.1 Å². The van der Waals surface area contributed by atoms with E-state index in [9.17, 15) is 16.8 Å². The van der Waals surface area contributed by atoms with Crippen LogP contribution in [0.3, 0.4) is 0 Å². The molecule has 3 aromatic rings. The van der Waals surface area contributed by atoms with E-state index < -0.39 is 25.1 Å². The van der Waals surface area contributed by atoms with Crippen LogP contribution in [-0.4, -0.2) is 28.4 Å². The van der Waals surface area contributed by atoms with Gasteiger partial charge in [0.1, 0.15) is 5.25 Å². The van der Waals surface area contributed by atoms with Crippen LogP contribution >= 0.6 is 0 Å². The highest BCUT2D eigenvalue weighted by atomic mass is 32.2. The zero-order valence-electron chi connectivity index (χ0n) is 18.4. The maximum atomic E-state index is 13.5. The van der Waals surface area contributed by atoms with E-state index in [2.05, 4.69) is 9.71 Å². The third-order valence-corrected chi connectivity index (χ3v) is 8.67. The second kappa shape index (κ2) is 9.94. The summed E-state index contributed by atoms with van der Waals surface area (Å²) < 4.78 is 54.9. The molecule has 0 bridgehead atoms. The number of rotatable bonds is 9. The Hall–Kier alpha value is -2.55. The number of nitrogens with one attached hydrogen (secondary N) is 1. The number of hydrogen-bond donors (Lipinski definition) is 1. The molecule has 0 aliphatic carbocycles. The van der Waals surface area contributed by atoms with Crippen molar-refractivity contribution in [2.75, 3.05) is 6.54 Å². The van der Waals surface area contributed by atoms with Gasteiger partial charge in [0.2, 0.25) is 10.0 Å². The highest BCUT2D eigenvalue weighted by Crippen LogP contribution is 2.29. The van der Waals surface area contributed by atoms with Gasteiger partial charge in [0.25, 0.3) is 0 Å². The fourth-order valence-corrected chi connectivity index (χ4v) is 6.35. The molecular weight excluding hydrogens is 444 g/mol. The molecule has 1 N–H and O–H groups in total. The predicted molar refractivity (Wildman–Crippen MR) is 127 cm³/mol. The van der Waals surface area contributed by atoms with E-state index in [1.54, 1.807) is 60.8 Å². The monoisotopic (exact) mass is 472 g/mol. The Kier molecular flexibility index (Phi) is 7.48. The molecule has 0 radical (unpaired) electrons. The molecule has 0 saturated carbocycles. The second-order valence-corrected chi connectivity index (χ2v) is 12.1. The molecule has 0 saturated heterocycles. The lowest BCUT2D eigenvalue weighted by Crippen LogP contribution is -2.32. The number of aryl methyl sites for hydroxylation is 1. The lowest BCUT2D eigenvalue weighted by atomic mass is 10.0. The van der Waals surface area contributed by atoms with Gasteiger partial charge in [0.05, 0.1) is 10.6 Å². The Bertz CT molecular complexity index is 1250. The van der Waals surface area contributed by atoms with Gasteiger partial charge in [-0.15, -0.1) is 0 Å². The normalized spacial score (nSPS) is 13.2. The summed E-state index contributed by atoms with van der Waals surface area (Å²) in [5.41, 5.74) is 3.06. The van der Waals surface area contributed by atoms with E-state index in [1.165, 1.54) is 6.20 Å². The number of hydrogen-bond acceptors (Lipinski definition) is 5. The number of sulfone groups is 1. The van der Waals surface area contributed by atoms with Gasteiger partial charge in [0.15, 0.2) is 9.84 Å². The van der Waals surface area contributed by atoms with E-state index >= 15 is 0 Å². The van der Waals surface area contributed by atoms with E-state index in [0.29, 0.717) is 11.1 Å². The first-order valence-corrected chi connectivity index (χ1v) is 13.5. The lowest BCUT2D eigenvalue weighted by molar-refractivity contribution is 0.568. The van der Waals surface area contributed by atoms with Crippen LogP contribution in [0.25, 0.3) is 0 Å². The first-order chi connectivity index (χ1) is 15.1. The molecule has 1 heterocycles. The van der Waals surface area contributed by atoms with Gasteiger partial charge >= 0.3 is 0 Å². The van der Waals surface area contributed by atoms with Crippen molar-refractivity contribution in [3.8, 4) is 0 Å². The molecule has 8 heteroatoms. The maximum absolute atomic E-state index is 13.5. The van der Waals surface area contributed by atoms with Gasteiger partial charge < -0.3 is 0 Å². The van der Waals surface area contributed by atoms with Crippen LogP contribution in [0.5, 0.6) is 0 Å². The Balaban J connectivity index is 1.88. The van der Waals surface area contributed by atoms with Crippen molar-refractivity contribution in [2.24, 2.45) is 0 Å². The second-order valence-electron chi connectivity index (χ2n) is 8.14. The van der Waals surface area contributed by atoms with Gasteiger partial charge in [-0.1, -0.05) is 61.9 Å². The largest absolute Gasteiger partial charge is 0.264 e. The third-order valence-electron chi connectivity index (χ3n) is 5.23. The molecule has 0 fully saturated rings. The van der Waals surface area contributed by atoms with Gasteiger partial charge in [-0.3, -0.25) is 4.98 Å². The summed E-state index contributed by atoms with van der Waals surface area (Å²) in [5, 5.41) is -1.10. The molecule has 0 aliphatic rings. The number of benzene rings is 2. The minimum absolute atomic E-state index is 0.147. The zero-order valence-corrected chi connectivity index (χ0v) is 20.0. The maximum Gasteiger partial charge on any atom is 0.215 e. The summed E-state index contributed by atoms with van der Waals surface area (Å²) in [5.74, 6) is 0.0479. The summed E-state index contributed by atoms with van der Waals surface area (Å²) in [6.07, 6.45) is 3.01. The Morgan fingerprint density at radius 1 is 0.906 bits per heavy atom. The zero-order chi connectivity index (χ0) is 23.4. The SMILES string of the molecule is Cc1cccc(CS(=O)(=O)NCC(c2cccnc2)S(=O)(=O)c2ccc(C(C)C)cc2)c1. The summed E-state index contributed by atoms with van der Waals surface area (Å²) in [4.78, 5) is 4.18. The van der Waals surface area contributed by atoms with Crippen LogP contribution in [0.1, 0.15) is 47.3 Å². The topological polar surface area (TPSA) is 93.2 Å². The van der Waals surface area contributed by atoms with Crippen LogP contribution in [0.4, 0.5) is 0 Å². The lowest BCUT2D eigenvalue weighted by Gasteiger charge is -2.19. The van der Waals surface area contributed by atoms with Crippen LogP contribution in [0.2, 0.25) is 0 Å². The quantitative estimate of drug-likeness (QED) is 0.505.